The van der Waals surface area contributed by atoms with Crippen LogP contribution in [0.15, 0.2) is 18.3 Å². The van der Waals surface area contributed by atoms with E-state index >= 15 is 0 Å². The van der Waals surface area contributed by atoms with Gasteiger partial charge in [0.1, 0.15) is 0 Å². The van der Waals surface area contributed by atoms with Crippen LogP contribution < -0.4 is 10.6 Å². The lowest BCUT2D eigenvalue weighted by atomic mass is 10.4. The summed E-state index contributed by atoms with van der Waals surface area (Å²) in [6.45, 7) is 0.534. The molecule has 0 saturated carbocycles. The predicted octanol–water partition coefficient (Wildman–Crippen LogP) is 0.444. The second kappa shape index (κ2) is 3.65. The fraction of sp³-hybridized carbons (Fsp3) is 0.286. The van der Waals surface area contributed by atoms with E-state index in [9.17, 15) is 4.79 Å². The van der Waals surface area contributed by atoms with Crippen molar-refractivity contribution in [3.05, 3.63) is 24.0 Å². The van der Waals surface area contributed by atoms with Crippen molar-refractivity contribution in [1.29, 1.82) is 0 Å². The Balaban J connectivity index is 2.29. The van der Waals surface area contributed by atoms with Crippen molar-refractivity contribution in [2.75, 3.05) is 7.05 Å². The standard InChI is InChI=1S/C7H11N3O/c1-8-7(11)10-5-6-3-2-4-9-6/h2-4,9H,5H2,1H3,(H2,8,10,11). The van der Waals surface area contributed by atoms with Crippen LogP contribution in [0.25, 0.3) is 0 Å². The first-order chi connectivity index (χ1) is 5.33. The summed E-state index contributed by atoms with van der Waals surface area (Å²) >= 11 is 0. The first-order valence-corrected chi connectivity index (χ1v) is 3.41. The van der Waals surface area contributed by atoms with Gasteiger partial charge < -0.3 is 15.6 Å². The quantitative estimate of drug-likeness (QED) is 0.567. The molecule has 0 aliphatic carbocycles. The largest absolute Gasteiger partial charge is 0.364 e. The van der Waals surface area contributed by atoms with Crippen molar-refractivity contribution >= 4 is 6.03 Å². The monoisotopic (exact) mass is 153 g/mol. The molecule has 0 aromatic carbocycles. The fourth-order valence-corrected chi connectivity index (χ4v) is 0.741. The summed E-state index contributed by atoms with van der Waals surface area (Å²) < 4.78 is 0. The van der Waals surface area contributed by atoms with Gasteiger partial charge in [0.25, 0.3) is 0 Å². The summed E-state index contributed by atoms with van der Waals surface area (Å²) in [6, 6.07) is 3.64. The highest BCUT2D eigenvalue weighted by Gasteiger charge is 1.95. The highest BCUT2D eigenvalue weighted by Crippen LogP contribution is 1.91. The van der Waals surface area contributed by atoms with E-state index in [0.29, 0.717) is 6.54 Å². The lowest BCUT2D eigenvalue weighted by molar-refractivity contribution is 0.242. The number of nitrogens with one attached hydrogen (secondary N) is 3. The second-order valence-corrected chi connectivity index (χ2v) is 2.13. The molecule has 0 aliphatic rings. The van der Waals surface area contributed by atoms with Crippen molar-refractivity contribution in [1.82, 2.24) is 15.6 Å². The van der Waals surface area contributed by atoms with Gasteiger partial charge in [-0.1, -0.05) is 0 Å². The lowest BCUT2D eigenvalue weighted by Crippen LogP contribution is -2.32. The van der Waals surface area contributed by atoms with Crippen LogP contribution in [0.5, 0.6) is 0 Å². The summed E-state index contributed by atoms with van der Waals surface area (Å²) in [5, 5.41) is 5.12. The van der Waals surface area contributed by atoms with Gasteiger partial charge in [0, 0.05) is 18.9 Å². The molecule has 3 N–H and O–H groups in total. The summed E-state index contributed by atoms with van der Waals surface area (Å²) in [5.74, 6) is 0. The van der Waals surface area contributed by atoms with Crippen molar-refractivity contribution in [2.24, 2.45) is 0 Å². The molecule has 0 fully saturated rings. The average Bonchev–Trinajstić information content (AvgIpc) is 2.52. The number of amides is 2. The molecule has 2 amide bonds. The Kier molecular flexibility index (Phi) is 2.54. The molecule has 1 aromatic rings. The van der Waals surface area contributed by atoms with Crippen molar-refractivity contribution in [3.8, 4) is 0 Å². The van der Waals surface area contributed by atoms with Crippen LogP contribution in [-0.4, -0.2) is 18.1 Å². The van der Waals surface area contributed by atoms with Crippen LogP contribution in [0.4, 0.5) is 4.79 Å². The third-order valence-corrected chi connectivity index (χ3v) is 1.33. The van der Waals surface area contributed by atoms with Crippen molar-refractivity contribution in [2.45, 2.75) is 6.54 Å². The maximum atomic E-state index is 10.7. The second-order valence-electron chi connectivity index (χ2n) is 2.13. The van der Waals surface area contributed by atoms with Gasteiger partial charge in [0.05, 0.1) is 6.54 Å². The highest BCUT2D eigenvalue weighted by atomic mass is 16.2. The molecule has 0 bridgehead atoms. The molecule has 0 saturated heterocycles. The van der Waals surface area contributed by atoms with Gasteiger partial charge in [0.15, 0.2) is 0 Å². The molecule has 0 spiro atoms. The zero-order valence-corrected chi connectivity index (χ0v) is 6.35. The molecule has 0 radical (unpaired) electrons. The molecule has 60 valence electrons. The number of rotatable bonds is 2. The van der Waals surface area contributed by atoms with E-state index in [2.05, 4.69) is 15.6 Å². The SMILES string of the molecule is CNC(=O)NCc1ccc[nH]1. The fourth-order valence-electron chi connectivity index (χ4n) is 0.741. The zero-order valence-electron chi connectivity index (χ0n) is 6.35. The summed E-state index contributed by atoms with van der Waals surface area (Å²) in [6.07, 6.45) is 1.82. The Labute approximate surface area is 65.0 Å². The zero-order chi connectivity index (χ0) is 8.10. The molecule has 4 nitrogen and oxygen atoms in total. The molecule has 11 heavy (non-hydrogen) atoms. The first-order valence-electron chi connectivity index (χ1n) is 3.41. The molecular weight excluding hydrogens is 142 g/mol. The van der Waals surface area contributed by atoms with Crippen LogP contribution in [-0.2, 0) is 6.54 Å². The summed E-state index contributed by atoms with van der Waals surface area (Å²) in [7, 11) is 1.59. The topological polar surface area (TPSA) is 56.9 Å². The van der Waals surface area contributed by atoms with Crippen LogP contribution in [0.3, 0.4) is 0 Å². The molecule has 4 heteroatoms. The Bertz CT molecular complexity index is 218. The normalized spacial score (nSPS) is 9.18. The average molecular weight is 153 g/mol. The third-order valence-electron chi connectivity index (χ3n) is 1.33. The number of carbonyl (C=O) groups is 1. The van der Waals surface area contributed by atoms with E-state index in [0.717, 1.165) is 5.69 Å². The molecule has 0 aliphatic heterocycles. The van der Waals surface area contributed by atoms with E-state index in [1.807, 2.05) is 18.3 Å². The minimum atomic E-state index is -0.167. The summed E-state index contributed by atoms with van der Waals surface area (Å²) in [5.41, 5.74) is 0.994. The minimum absolute atomic E-state index is 0.167. The number of aromatic amines is 1. The van der Waals surface area contributed by atoms with Crippen LogP contribution in [0, 0.1) is 0 Å². The van der Waals surface area contributed by atoms with Gasteiger partial charge in [-0.2, -0.15) is 0 Å². The van der Waals surface area contributed by atoms with Crippen molar-refractivity contribution in [3.63, 3.8) is 0 Å². The Morgan fingerprint density at radius 2 is 2.55 bits per heavy atom. The number of aromatic nitrogens is 1. The number of hydrogen-bond acceptors (Lipinski definition) is 1. The smallest absolute Gasteiger partial charge is 0.314 e. The van der Waals surface area contributed by atoms with Gasteiger partial charge in [-0.25, -0.2) is 4.79 Å². The Hall–Kier alpha value is -1.45. The number of urea groups is 1. The van der Waals surface area contributed by atoms with Crippen LogP contribution in [0.1, 0.15) is 5.69 Å². The molecule has 1 aromatic heterocycles. The third kappa shape index (κ3) is 2.33. The highest BCUT2D eigenvalue weighted by molar-refractivity contribution is 5.73. The number of H-pyrrole nitrogens is 1. The summed E-state index contributed by atoms with van der Waals surface area (Å²) in [4.78, 5) is 13.6. The van der Waals surface area contributed by atoms with Gasteiger partial charge in [-0.3, -0.25) is 0 Å². The molecule has 1 heterocycles. The molecular formula is C7H11N3O. The Morgan fingerprint density at radius 3 is 3.09 bits per heavy atom. The van der Waals surface area contributed by atoms with Crippen molar-refractivity contribution < 1.29 is 4.79 Å². The van der Waals surface area contributed by atoms with E-state index in [4.69, 9.17) is 0 Å². The van der Waals surface area contributed by atoms with E-state index in [1.165, 1.54) is 0 Å². The molecule has 0 unspecified atom stereocenters. The van der Waals surface area contributed by atoms with Gasteiger partial charge in [-0.05, 0) is 12.1 Å². The van der Waals surface area contributed by atoms with Crippen LogP contribution >= 0.6 is 0 Å². The van der Waals surface area contributed by atoms with Gasteiger partial charge >= 0.3 is 6.03 Å². The number of carbonyl (C=O) groups excluding carboxylic acids is 1. The first kappa shape index (κ1) is 7.65. The minimum Gasteiger partial charge on any atom is -0.364 e. The predicted molar refractivity (Wildman–Crippen MR) is 42.1 cm³/mol. The van der Waals surface area contributed by atoms with Crippen LogP contribution in [0.2, 0.25) is 0 Å². The number of hydrogen-bond donors (Lipinski definition) is 3. The van der Waals surface area contributed by atoms with E-state index < -0.39 is 0 Å². The van der Waals surface area contributed by atoms with Gasteiger partial charge in [0.2, 0.25) is 0 Å². The maximum Gasteiger partial charge on any atom is 0.314 e. The maximum absolute atomic E-state index is 10.7. The van der Waals surface area contributed by atoms with E-state index in [1.54, 1.807) is 7.05 Å². The van der Waals surface area contributed by atoms with Gasteiger partial charge in [-0.15, -0.1) is 0 Å². The molecule has 0 atom stereocenters. The molecule has 1 rings (SSSR count). The lowest BCUT2D eigenvalue weighted by Gasteiger charge is -2.00. The Morgan fingerprint density at radius 1 is 1.73 bits per heavy atom. The van der Waals surface area contributed by atoms with E-state index in [-0.39, 0.29) is 6.03 Å².